The third-order valence-electron chi connectivity index (χ3n) is 4.00. The molecule has 0 saturated heterocycles. The van der Waals surface area contributed by atoms with Crippen molar-refractivity contribution in [1.29, 1.82) is 0 Å². The van der Waals surface area contributed by atoms with E-state index in [9.17, 15) is 5.11 Å². The van der Waals surface area contributed by atoms with E-state index in [2.05, 4.69) is 5.16 Å². The van der Waals surface area contributed by atoms with Gasteiger partial charge in [-0.1, -0.05) is 24.2 Å². The summed E-state index contributed by atoms with van der Waals surface area (Å²) in [6, 6.07) is 11.1. The molecule has 0 aliphatic heterocycles. The Bertz CT molecular complexity index is 837. The van der Waals surface area contributed by atoms with E-state index in [1.165, 1.54) is 0 Å². The van der Waals surface area contributed by atoms with Crippen LogP contribution in [-0.4, -0.2) is 24.5 Å². The van der Waals surface area contributed by atoms with Gasteiger partial charge in [0.15, 0.2) is 5.76 Å². The van der Waals surface area contributed by atoms with E-state index in [4.69, 9.17) is 14.0 Å². The molecular formula is C19H19NO4. The molecule has 3 rings (SSSR count). The Kier molecular flexibility index (Phi) is 4.42. The summed E-state index contributed by atoms with van der Waals surface area (Å²) in [5.41, 5.74) is 3.32. The number of aromatic hydroxyl groups is 1. The van der Waals surface area contributed by atoms with Crippen LogP contribution in [0.3, 0.4) is 0 Å². The number of phenolic OH excluding ortho intramolecular Hbond substituents is 1. The topological polar surface area (TPSA) is 64.7 Å². The summed E-state index contributed by atoms with van der Waals surface area (Å²) in [4.78, 5) is 0. The van der Waals surface area contributed by atoms with Gasteiger partial charge < -0.3 is 19.1 Å². The quantitative estimate of drug-likeness (QED) is 0.758. The normalized spacial score (nSPS) is 10.6. The van der Waals surface area contributed by atoms with Crippen molar-refractivity contribution in [1.82, 2.24) is 5.16 Å². The SMILES string of the molecule is CCc1cc(-c2oncc2-c2ccc(OC)cc2)c(O)cc1OC. The first-order valence-corrected chi connectivity index (χ1v) is 7.67. The van der Waals surface area contributed by atoms with Crippen molar-refractivity contribution < 1.29 is 19.1 Å². The van der Waals surface area contributed by atoms with Crippen LogP contribution in [0.25, 0.3) is 22.5 Å². The van der Waals surface area contributed by atoms with Gasteiger partial charge in [0, 0.05) is 11.6 Å². The predicted molar refractivity (Wildman–Crippen MR) is 91.5 cm³/mol. The zero-order valence-electron chi connectivity index (χ0n) is 13.9. The summed E-state index contributed by atoms with van der Waals surface area (Å²) in [7, 11) is 3.21. The average Bonchev–Trinajstić information content (AvgIpc) is 3.10. The lowest BCUT2D eigenvalue weighted by molar-refractivity contribution is 0.401. The van der Waals surface area contributed by atoms with Crippen LogP contribution in [0.15, 0.2) is 47.1 Å². The summed E-state index contributed by atoms with van der Waals surface area (Å²) < 4.78 is 15.9. The van der Waals surface area contributed by atoms with Crippen LogP contribution in [0.2, 0.25) is 0 Å². The van der Waals surface area contributed by atoms with Gasteiger partial charge >= 0.3 is 0 Å². The molecular weight excluding hydrogens is 306 g/mol. The number of aryl methyl sites for hydroxylation is 1. The number of ether oxygens (including phenoxy) is 2. The van der Waals surface area contributed by atoms with E-state index in [0.29, 0.717) is 17.1 Å². The lowest BCUT2D eigenvalue weighted by Crippen LogP contribution is -1.92. The van der Waals surface area contributed by atoms with Gasteiger partial charge in [-0.15, -0.1) is 0 Å². The summed E-state index contributed by atoms with van der Waals surface area (Å²) in [6.07, 6.45) is 2.43. The van der Waals surface area contributed by atoms with Gasteiger partial charge in [-0.2, -0.15) is 0 Å². The molecule has 1 N–H and O–H groups in total. The second kappa shape index (κ2) is 6.66. The average molecular weight is 325 g/mol. The van der Waals surface area contributed by atoms with Crippen LogP contribution in [0.1, 0.15) is 12.5 Å². The summed E-state index contributed by atoms with van der Waals surface area (Å²) in [5, 5.41) is 14.3. The fourth-order valence-corrected chi connectivity index (χ4v) is 2.67. The van der Waals surface area contributed by atoms with Crippen LogP contribution < -0.4 is 9.47 Å². The molecule has 0 radical (unpaired) electrons. The Morgan fingerprint density at radius 3 is 2.42 bits per heavy atom. The number of phenols is 1. The number of benzene rings is 2. The Hall–Kier alpha value is -2.95. The van der Waals surface area contributed by atoms with Gasteiger partial charge in [0.1, 0.15) is 17.2 Å². The zero-order chi connectivity index (χ0) is 17.1. The molecule has 1 aromatic heterocycles. The second-order valence-electron chi connectivity index (χ2n) is 5.33. The standard InChI is InChI=1S/C19H19NO4/c1-4-12-9-15(17(21)10-18(12)23-3)19-16(11-20-24-19)13-5-7-14(22-2)8-6-13/h5-11,21H,4H2,1-3H3. The second-order valence-corrected chi connectivity index (χ2v) is 5.33. The Morgan fingerprint density at radius 2 is 1.79 bits per heavy atom. The molecule has 0 atom stereocenters. The van der Waals surface area contributed by atoms with Crippen LogP contribution in [-0.2, 0) is 6.42 Å². The molecule has 24 heavy (non-hydrogen) atoms. The van der Waals surface area contributed by atoms with Gasteiger partial charge in [-0.05, 0) is 35.7 Å². The molecule has 2 aromatic carbocycles. The van der Waals surface area contributed by atoms with Gasteiger partial charge in [0.05, 0.1) is 26.0 Å². The molecule has 0 spiro atoms. The number of nitrogens with zero attached hydrogens (tertiary/aromatic N) is 1. The fraction of sp³-hybridized carbons (Fsp3) is 0.211. The van der Waals surface area contributed by atoms with E-state index in [-0.39, 0.29) is 5.75 Å². The highest BCUT2D eigenvalue weighted by Crippen LogP contribution is 2.40. The fourth-order valence-electron chi connectivity index (χ4n) is 2.67. The number of aromatic nitrogens is 1. The highest BCUT2D eigenvalue weighted by atomic mass is 16.5. The third kappa shape index (κ3) is 2.80. The van der Waals surface area contributed by atoms with E-state index in [0.717, 1.165) is 28.9 Å². The van der Waals surface area contributed by atoms with Crippen molar-refractivity contribution in [3.05, 3.63) is 48.2 Å². The largest absolute Gasteiger partial charge is 0.507 e. The Morgan fingerprint density at radius 1 is 1.04 bits per heavy atom. The van der Waals surface area contributed by atoms with E-state index in [1.807, 2.05) is 37.3 Å². The lowest BCUT2D eigenvalue weighted by Gasteiger charge is -2.11. The third-order valence-corrected chi connectivity index (χ3v) is 4.00. The molecule has 0 bridgehead atoms. The van der Waals surface area contributed by atoms with Crippen LogP contribution in [0.4, 0.5) is 0 Å². The molecule has 0 unspecified atom stereocenters. The maximum atomic E-state index is 10.4. The molecule has 0 aliphatic rings. The molecule has 124 valence electrons. The first-order valence-electron chi connectivity index (χ1n) is 7.67. The monoisotopic (exact) mass is 325 g/mol. The first kappa shape index (κ1) is 15.9. The smallest absolute Gasteiger partial charge is 0.178 e. The van der Waals surface area contributed by atoms with Crippen molar-refractivity contribution in [3.8, 4) is 39.7 Å². The molecule has 0 fully saturated rings. The van der Waals surface area contributed by atoms with Gasteiger partial charge in [-0.3, -0.25) is 0 Å². The van der Waals surface area contributed by atoms with E-state index >= 15 is 0 Å². The molecule has 0 saturated carbocycles. The van der Waals surface area contributed by atoms with Gasteiger partial charge in [0.2, 0.25) is 0 Å². The van der Waals surface area contributed by atoms with Crippen molar-refractivity contribution in [2.24, 2.45) is 0 Å². The minimum absolute atomic E-state index is 0.0931. The Labute approximate surface area is 140 Å². The van der Waals surface area contributed by atoms with Crippen LogP contribution >= 0.6 is 0 Å². The molecule has 3 aromatic rings. The number of hydrogen-bond acceptors (Lipinski definition) is 5. The Balaban J connectivity index is 2.10. The van der Waals surface area contributed by atoms with Gasteiger partial charge in [-0.25, -0.2) is 0 Å². The molecule has 0 amide bonds. The maximum absolute atomic E-state index is 10.4. The van der Waals surface area contributed by atoms with Gasteiger partial charge in [0.25, 0.3) is 0 Å². The van der Waals surface area contributed by atoms with Crippen LogP contribution in [0.5, 0.6) is 17.2 Å². The maximum Gasteiger partial charge on any atom is 0.178 e. The summed E-state index contributed by atoms with van der Waals surface area (Å²) in [6.45, 7) is 2.03. The van der Waals surface area contributed by atoms with Crippen molar-refractivity contribution in [3.63, 3.8) is 0 Å². The van der Waals surface area contributed by atoms with Crippen LogP contribution in [0, 0.1) is 0 Å². The number of rotatable bonds is 5. The summed E-state index contributed by atoms with van der Waals surface area (Å²) >= 11 is 0. The van der Waals surface area contributed by atoms with Crippen molar-refractivity contribution >= 4 is 0 Å². The minimum Gasteiger partial charge on any atom is -0.507 e. The first-order chi connectivity index (χ1) is 11.7. The van der Waals surface area contributed by atoms with Crippen molar-refractivity contribution in [2.45, 2.75) is 13.3 Å². The predicted octanol–water partition coefficient (Wildman–Crippen LogP) is 4.29. The molecule has 0 aliphatic carbocycles. The lowest BCUT2D eigenvalue weighted by atomic mass is 9.99. The zero-order valence-corrected chi connectivity index (χ0v) is 13.9. The number of hydrogen-bond donors (Lipinski definition) is 1. The minimum atomic E-state index is 0.0931. The van der Waals surface area contributed by atoms with E-state index < -0.39 is 0 Å². The molecule has 1 heterocycles. The van der Waals surface area contributed by atoms with E-state index in [1.54, 1.807) is 26.5 Å². The molecule has 5 nitrogen and oxygen atoms in total. The number of methoxy groups -OCH3 is 2. The summed E-state index contributed by atoms with van der Waals surface area (Å²) in [5.74, 6) is 2.05. The van der Waals surface area contributed by atoms with Crippen molar-refractivity contribution in [2.75, 3.05) is 14.2 Å². The highest BCUT2D eigenvalue weighted by molar-refractivity contribution is 5.82. The highest BCUT2D eigenvalue weighted by Gasteiger charge is 2.18. The molecule has 5 heteroatoms.